The molecule has 1 unspecified atom stereocenters. The van der Waals surface area contributed by atoms with Crippen molar-refractivity contribution in [3.05, 3.63) is 217 Å². The van der Waals surface area contributed by atoms with Crippen molar-refractivity contribution in [3.8, 4) is 11.4 Å². The van der Waals surface area contributed by atoms with E-state index in [1.54, 1.807) is 0 Å². The molecule has 4 heterocycles. The first-order chi connectivity index (χ1) is 30.2. The van der Waals surface area contributed by atoms with E-state index in [0.717, 1.165) is 45.3 Å². The molecule has 286 valence electrons. The minimum absolute atomic E-state index is 0.452. The maximum atomic E-state index is 5.35. The summed E-state index contributed by atoms with van der Waals surface area (Å²) in [6.07, 6.45) is -0.452. The zero-order valence-electron chi connectivity index (χ0n) is 32.8. The number of nitrogens with one attached hydrogen (secondary N) is 1. The smallest absolute Gasteiger partial charge is 0.169 e. The fourth-order valence-corrected chi connectivity index (χ4v) is 10.6. The first-order valence-corrected chi connectivity index (χ1v) is 21.5. The Bertz CT molecular complexity index is 3790. The predicted octanol–water partition coefficient (Wildman–Crippen LogP) is 13.9. The normalized spacial score (nSPS) is 14.4. The van der Waals surface area contributed by atoms with E-state index < -0.39 is 6.17 Å². The molecule has 1 aliphatic rings. The second-order valence-corrected chi connectivity index (χ2v) is 16.9. The zero-order valence-corrected chi connectivity index (χ0v) is 33.6. The van der Waals surface area contributed by atoms with E-state index in [0.29, 0.717) is 0 Å². The fraction of sp³-hybridized carbons (Fsp3) is 0.0182. The molecule has 0 aliphatic carbocycles. The first-order valence-electron chi connectivity index (χ1n) is 20.7. The second-order valence-electron chi connectivity index (χ2n) is 15.8. The van der Waals surface area contributed by atoms with Gasteiger partial charge in [0.05, 0.1) is 22.1 Å². The largest absolute Gasteiger partial charge is 0.324 e. The number of fused-ring (bicyclic) bond motifs is 11. The van der Waals surface area contributed by atoms with Crippen molar-refractivity contribution in [2.45, 2.75) is 6.17 Å². The van der Waals surface area contributed by atoms with Crippen molar-refractivity contribution in [2.24, 2.45) is 9.98 Å². The van der Waals surface area contributed by atoms with Crippen LogP contribution >= 0.6 is 11.3 Å². The standard InChI is InChI=1S/C55H35N5S/c1-2-14-39(15-3-1)59-47-19-9-6-16-41(47)44-29-30-45-42-17-7-10-20-48(42)60(52(45)51(44)59)40-27-24-35(25-28-40)53-56-54(37-23-22-34-12-4-5-13-36(34)32-37)58-55(57-53)38-26-31-50-46(33-38)43-18-8-11-21-49(43)61-50/h1-33,53H,(H,56,57,58). The molecule has 0 bridgehead atoms. The third-order valence-corrected chi connectivity index (χ3v) is 13.5. The molecule has 1 N–H and O–H groups in total. The van der Waals surface area contributed by atoms with E-state index >= 15 is 0 Å². The Morgan fingerprint density at radius 1 is 0.393 bits per heavy atom. The lowest BCUT2D eigenvalue weighted by molar-refractivity contribution is 0.755. The fourth-order valence-electron chi connectivity index (χ4n) is 9.51. The van der Waals surface area contributed by atoms with Crippen molar-refractivity contribution in [1.82, 2.24) is 14.5 Å². The quantitative estimate of drug-likeness (QED) is 0.185. The molecule has 0 saturated heterocycles. The summed E-state index contributed by atoms with van der Waals surface area (Å²) < 4.78 is 7.43. The van der Waals surface area contributed by atoms with Gasteiger partial charge in [-0.15, -0.1) is 11.3 Å². The van der Waals surface area contributed by atoms with Crippen LogP contribution in [0.25, 0.3) is 85.9 Å². The molecule has 6 heteroatoms. The van der Waals surface area contributed by atoms with Crippen molar-refractivity contribution in [3.63, 3.8) is 0 Å². The summed E-state index contributed by atoms with van der Waals surface area (Å²) in [7, 11) is 0. The van der Waals surface area contributed by atoms with E-state index in [-0.39, 0.29) is 0 Å². The van der Waals surface area contributed by atoms with Gasteiger partial charge in [0.1, 0.15) is 11.7 Å². The molecule has 3 aromatic heterocycles. The maximum Gasteiger partial charge on any atom is 0.169 e. The van der Waals surface area contributed by atoms with Gasteiger partial charge >= 0.3 is 0 Å². The Hall–Kier alpha value is -7.80. The Kier molecular flexibility index (Phi) is 7.47. The highest BCUT2D eigenvalue weighted by Crippen LogP contribution is 2.42. The average molecular weight is 798 g/mol. The van der Waals surface area contributed by atoms with Crippen LogP contribution in [0.4, 0.5) is 0 Å². The molecule has 13 rings (SSSR count). The molecule has 0 spiro atoms. The highest BCUT2D eigenvalue weighted by Gasteiger charge is 2.24. The van der Waals surface area contributed by atoms with E-state index in [1.807, 2.05) is 11.3 Å². The van der Waals surface area contributed by atoms with E-state index in [1.165, 1.54) is 69.0 Å². The van der Waals surface area contributed by atoms with Crippen LogP contribution in [0.5, 0.6) is 0 Å². The van der Waals surface area contributed by atoms with Crippen molar-refractivity contribution >= 4 is 97.6 Å². The number of hydrogen-bond donors (Lipinski definition) is 1. The van der Waals surface area contributed by atoms with Crippen molar-refractivity contribution in [1.29, 1.82) is 0 Å². The van der Waals surface area contributed by atoms with Gasteiger partial charge in [0.15, 0.2) is 6.17 Å². The van der Waals surface area contributed by atoms with Gasteiger partial charge in [0.25, 0.3) is 0 Å². The molecule has 12 aromatic rings. The topological polar surface area (TPSA) is 46.6 Å². The Labute approximate surface area is 354 Å². The van der Waals surface area contributed by atoms with E-state index in [2.05, 4.69) is 215 Å². The molecule has 5 nitrogen and oxygen atoms in total. The molecule has 0 radical (unpaired) electrons. The van der Waals surface area contributed by atoms with Crippen LogP contribution in [0.3, 0.4) is 0 Å². The number of hydrogen-bond acceptors (Lipinski definition) is 4. The van der Waals surface area contributed by atoms with Gasteiger partial charge < -0.3 is 14.5 Å². The van der Waals surface area contributed by atoms with Gasteiger partial charge in [-0.3, -0.25) is 0 Å². The van der Waals surface area contributed by atoms with Crippen LogP contribution in [-0.4, -0.2) is 20.8 Å². The monoisotopic (exact) mass is 797 g/mol. The van der Waals surface area contributed by atoms with Crippen molar-refractivity contribution < 1.29 is 0 Å². The Morgan fingerprint density at radius 2 is 0.934 bits per heavy atom. The molecule has 1 aliphatic heterocycles. The number of aromatic nitrogens is 2. The van der Waals surface area contributed by atoms with Crippen LogP contribution in [0.15, 0.2) is 210 Å². The van der Waals surface area contributed by atoms with Crippen LogP contribution in [0.2, 0.25) is 0 Å². The SMILES string of the molecule is c1ccc(-n2c3ccccc3c3ccc4c5ccccc5n(-c5ccc(C6N=C(c7ccc8ccccc8c7)NC(c7ccc8sc9ccccc9c8c7)=N6)cc5)c4c32)cc1. The number of amidine groups is 2. The molecule has 9 aromatic carbocycles. The summed E-state index contributed by atoms with van der Waals surface area (Å²) >= 11 is 1.83. The number of benzene rings is 9. The predicted molar refractivity (Wildman–Crippen MR) is 257 cm³/mol. The number of para-hydroxylation sites is 3. The highest BCUT2D eigenvalue weighted by molar-refractivity contribution is 7.25. The van der Waals surface area contributed by atoms with E-state index in [4.69, 9.17) is 9.98 Å². The van der Waals surface area contributed by atoms with Gasteiger partial charge in [0.2, 0.25) is 0 Å². The highest BCUT2D eigenvalue weighted by atomic mass is 32.1. The van der Waals surface area contributed by atoms with Crippen LogP contribution in [-0.2, 0) is 0 Å². The minimum Gasteiger partial charge on any atom is -0.324 e. The van der Waals surface area contributed by atoms with E-state index in [9.17, 15) is 0 Å². The second kappa shape index (κ2) is 13.4. The molecule has 0 amide bonds. The lowest BCUT2D eigenvalue weighted by Crippen LogP contribution is -2.36. The molecular weight excluding hydrogens is 763 g/mol. The minimum atomic E-state index is -0.452. The Morgan fingerprint density at radius 3 is 1.64 bits per heavy atom. The summed E-state index contributed by atoms with van der Waals surface area (Å²) in [6.45, 7) is 0. The first kappa shape index (κ1) is 34.1. The summed E-state index contributed by atoms with van der Waals surface area (Å²) in [5.74, 6) is 1.61. The molecule has 0 saturated carbocycles. The summed E-state index contributed by atoms with van der Waals surface area (Å²) in [5.41, 5.74) is 10.0. The van der Waals surface area contributed by atoms with Gasteiger partial charge in [-0.2, -0.15) is 0 Å². The molecule has 61 heavy (non-hydrogen) atoms. The Balaban J connectivity index is 0.990. The van der Waals surface area contributed by atoms with Crippen LogP contribution in [0.1, 0.15) is 22.9 Å². The lowest BCUT2D eigenvalue weighted by atomic mass is 10.0. The van der Waals surface area contributed by atoms with Crippen LogP contribution < -0.4 is 5.32 Å². The zero-order chi connectivity index (χ0) is 40.0. The third kappa shape index (κ3) is 5.32. The summed E-state index contributed by atoms with van der Waals surface area (Å²) in [6, 6.07) is 72.1. The summed E-state index contributed by atoms with van der Waals surface area (Å²) in [5, 5.41) is 13.5. The van der Waals surface area contributed by atoms with Gasteiger partial charge in [-0.05, 0) is 83.1 Å². The van der Waals surface area contributed by atoms with Gasteiger partial charge in [-0.25, -0.2) is 9.98 Å². The number of nitrogens with zero attached hydrogens (tertiary/aromatic N) is 4. The van der Waals surface area contributed by atoms with Gasteiger partial charge in [-0.1, -0.05) is 133 Å². The van der Waals surface area contributed by atoms with Crippen molar-refractivity contribution in [2.75, 3.05) is 0 Å². The third-order valence-electron chi connectivity index (χ3n) is 12.3. The number of rotatable bonds is 5. The summed E-state index contributed by atoms with van der Waals surface area (Å²) in [4.78, 5) is 10.7. The lowest BCUT2D eigenvalue weighted by Gasteiger charge is -2.23. The number of aliphatic imine (C=N–C) groups is 2. The molecule has 0 fully saturated rings. The number of thiophene rings is 1. The molecule has 1 atom stereocenters. The average Bonchev–Trinajstić information content (AvgIpc) is 3.99. The maximum absolute atomic E-state index is 5.35. The molecular formula is C55H35N5S. The van der Waals surface area contributed by atoms with Gasteiger partial charge in [0, 0.05) is 64.2 Å². The van der Waals surface area contributed by atoms with Crippen LogP contribution in [0, 0.1) is 0 Å².